The average Bonchev–Trinajstić information content (AvgIpc) is 1.94. The van der Waals surface area contributed by atoms with Crippen molar-refractivity contribution in [3.05, 3.63) is 0 Å². The van der Waals surface area contributed by atoms with E-state index in [4.69, 9.17) is 5.73 Å². The zero-order valence-corrected chi connectivity index (χ0v) is 10.6. The molecular weight excluding hydrogens is 172 g/mol. The largest absolute Gasteiger partial charge is 0.326 e. The summed E-state index contributed by atoms with van der Waals surface area (Å²) in [6.07, 6.45) is 2.20. The Morgan fingerprint density at radius 3 is 2.07 bits per heavy atom. The molecule has 2 unspecified atom stereocenters. The third kappa shape index (κ3) is 2.71. The molecule has 84 valence electrons. The third-order valence-electron chi connectivity index (χ3n) is 3.07. The van der Waals surface area contributed by atoms with Gasteiger partial charge in [-0.05, 0) is 39.0 Å². The SMILES string of the molecule is CC(C)(C)CC1(C)NC(C)(C)CC1N. The summed E-state index contributed by atoms with van der Waals surface area (Å²) < 4.78 is 0. The van der Waals surface area contributed by atoms with Gasteiger partial charge in [0.05, 0.1) is 0 Å². The van der Waals surface area contributed by atoms with Crippen LogP contribution in [0.4, 0.5) is 0 Å². The van der Waals surface area contributed by atoms with Gasteiger partial charge in [-0.2, -0.15) is 0 Å². The molecule has 2 heteroatoms. The summed E-state index contributed by atoms with van der Waals surface area (Å²) in [6.45, 7) is 13.6. The van der Waals surface area contributed by atoms with Crippen LogP contribution < -0.4 is 11.1 Å². The second-order valence-corrected chi connectivity index (χ2v) is 6.97. The molecule has 0 bridgehead atoms. The van der Waals surface area contributed by atoms with Crippen LogP contribution in [-0.4, -0.2) is 17.1 Å². The summed E-state index contributed by atoms with van der Waals surface area (Å²) in [5, 5.41) is 3.69. The van der Waals surface area contributed by atoms with E-state index in [0.29, 0.717) is 5.41 Å². The minimum atomic E-state index is 0.0990. The van der Waals surface area contributed by atoms with Gasteiger partial charge < -0.3 is 11.1 Å². The summed E-state index contributed by atoms with van der Waals surface area (Å²) in [7, 11) is 0. The van der Waals surface area contributed by atoms with Crippen LogP contribution in [0, 0.1) is 5.41 Å². The van der Waals surface area contributed by atoms with Gasteiger partial charge in [-0.15, -0.1) is 0 Å². The standard InChI is InChI=1S/C12H26N2/c1-10(2,3)8-12(6)9(13)7-11(4,5)14-12/h9,14H,7-8,13H2,1-6H3. The van der Waals surface area contributed by atoms with Crippen molar-refractivity contribution in [2.45, 2.75) is 71.5 Å². The van der Waals surface area contributed by atoms with E-state index >= 15 is 0 Å². The monoisotopic (exact) mass is 198 g/mol. The molecule has 1 aliphatic rings. The first-order valence-corrected chi connectivity index (χ1v) is 5.59. The lowest BCUT2D eigenvalue weighted by molar-refractivity contribution is 0.217. The van der Waals surface area contributed by atoms with Crippen molar-refractivity contribution in [1.82, 2.24) is 5.32 Å². The fourth-order valence-electron chi connectivity index (χ4n) is 2.97. The molecule has 3 N–H and O–H groups in total. The molecule has 0 saturated carbocycles. The van der Waals surface area contributed by atoms with Gasteiger partial charge in [0.1, 0.15) is 0 Å². The molecule has 0 spiro atoms. The van der Waals surface area contributed by atoms with Crippen LogP contribution in [0.3, 0.4) is 0 Å². The van der Waals surface area contributed by atoms with Crippen LogP contribution in [0.15, 0.2) is 0 Å². The minimum absolute atomic E-state index is 0.0990. The number of hydrogen-bond acceptors (Lipinski definition) is 2. The van der Waals surface area contributed by atoms with Gasteiger partial charge in [-0.25, -0.2) is 0 Å². The quantitative estimate of drug-likeness (QED) is 0.678. The molecule has 1 fully saturated rings. The highest BCUT2D eigenvalue weighted by molar-refractivity contribution is 5.08. The smallest absolute Gasteiger partial charge is 0.0314 e. The molecule has 2 atom stereocenters. The van der Waals surface area contributed by atoms with E-state index in [9.17, 15) is 0 Å². The fourth-order valence-corrected chi connectivity index (χ4v) is 2.97. The molecule has 0 aromatic carbocycles. The zero-order chi connectivity index (χ0) is 11.2. The predicted octanol–water partition coefficient (Wildman–Crippen LogP) is 2.28. The highest BCUT2D eigenvalue weighted by Gasteiger charge is 2.46. The van der Waals surface area contributed by atoms with E-state index in [1.807, 2.05) is 0 Å². The maximum atomic E-state index is 6.23. The summed E-state index contributed by atoms with van der Waals surface area (Å²) in [5.74, 6) is 0. The minimum Gasteiger partial charge on any atom is -0.326 e. The Labute approximate surface area is 88.6 Å². The Balaban J connectivity index is 2.76. The summed E-state index contributed by atoms with van der Waals surface area (Å²) >= 11 is 0. The first kappa shape index (κ1) is 12.0. The van der Waals surface area contributed by atoms with Crippen LogP contribution in [-0.2, 0) is 0 Å². The normalized spacial score (nSPS) is 37.5. The lowest BCUT2D eigenvalue weighted by atomic mass is 9.78. The van der Waals surface area contributed by atoms with Gasteiger partial charge in [0.2, 0.25) is 0 Å². The molecule has 0 aliphatic carbocycles. The van der Waals surface area contributed by atoms with Crippen molar-refractivity contribution >= 4 is 0 Å². The highest BCUT2D eigenvalue weighted by Crippen LogP contribution is 2.37. The van der Waals surface area contributed by atoms with Crippen LogP contribution in [0.2, 0.25) is 0 Å². The van der Waals surface area contributed by atoms with E-state index in [-0.39, 0.29) is 17.1 Å². The molecule has 14 heavy (non-hydrogen) atoms. The van der Waals surface area contributed by atoms with Crippen molar-refractivity contribution in [3.8, 4) is 0 Å². The van der Waals surface area contributed by atoms with Crippen LogP contribution in [0.1, 0.15) is 54.4 Å². The van der Waals surface area contributed by atoms with E-state index in [1.165, 1.54) is 0 Å². The Bertz CT molecular complexity index is 215. The third-order valence-corrected chi connectivity index (χ3v) is 3.07. The highest BCUT2D eigenvalue weighted by atomic mass is 15.1. The molecular formula is C12H26N2. The van der Waals surface area contributed by atoms with Gasteiger partial charge >= 0.3 is 0 Å². The lowest BCUT2D eigenvalue weighted by Gasteiger charge is -2.37. The van der Waals surface area contributed by atoms with Gasteiger partial charge in [0.15, 0.2) is 0 Å². The van der Waals surface area contributed by atoms with E-state index in [2.05, 4.69) is 46.9 Å². The molecule has 0 amide bonds. The zero-order valence-electron chi connectivity index (χ0n) is 10.6. The summed E-state index contributed by atoms with van der Waals surface area (Å²) in [5.41, 5.74) is 6.86. The Morgan fingerprint density at radius 2 is 1.79 bits per heavy atom. The molecule has 1 rings (SSSR count). The molecule has 0 aromatic heterocycles. The number of nitrogens with two attached hydrogens (primary N) is 1. The van der Waals surface area contributed by atoms with Crippen LogP contribution in [0.5, 0.6) is 0 Å². The maximum absolute atomic E-state index is 6.23. The fraction of sp³-hybridized carbons (Fsp3) is 1.00. The molecule has 1 saturated heterocycles. The Kier molecular flexibility index (Phi) is 2.75. The topological polar surface area (TPSA) is 38.0 Å². The predicted molar refractivity (Wildman–Crippen MR) is 62.3 cm³/mol. The molecule has 0 aromatic rings. The first-order chi connectivity index (χ1) is 6.04. The van der Waals surface area contributed by atoms with Crippen molar-refractivity contribution < 1.29 is 0 Å². The van der Waals surface area contributed by atoms with Crippen molar-refractivity contribution in [2.24, 2.45) is 11.1 Å². The molecule has 1 heterocycles. The molecule has 1 aliphatic heterocycles. The van der Waals surface area contributed by atoms with E-state index in [1.54, 1.807) is 0 Å². The Morgan fingerprint density at radius 1 is 1.29 bits per heavy atom. The second kappa shape index (κ2) is 3.21. The van der Waals surface area contributed by atoms with Crippen LogP contribution in [0.25, 0.3) is 0 Å². The Hall–Kier alpha value is -0.0800. The summed E-state index contributed by atoms with van der Waals surface area (Å²) in [4.78, 5) is 0. The molecule has 2 nitrogen and oxygen atoms in total. The average molecular weight is 198 g/mol. The van der Waals surface area contributed by atoms with Gasteiger partial charge in [-0.3, -0.25) is 0 Å². The number of rotatable bonds is 1. The van der Waals surface area contributed by atoms with Gasteiger partial charge in [0, 0.05) is 17.1 Å². The number of hydrogen-bond donors (Lipinski definition) is 2. The van der Waals surface area contributed by atoms with Crippen molar-refractivity contribution in [2.75, 3.05) is 0 Å². The van der Waals surface area contributed by atoms with Crippen molar-refractivity contribution in [1.29, 1.82) is 0 Å². The first-order valence-electron chi connectivity index (χ1n) is 5.59. The molecule has 0 radical (unpaired) electrons. The van der Waals surface area contributed by atoms with Gasteiger partial charge in [0.25, 0.3) is 0 Å². The number of nitrogens with one attached hydrogen (secondary N) is 1. The summed E-state index contributed by atoms with van der Waals surface area (Å²) in [6, 6.07) is 0.275. The lowest BCUT2D eigenvalue weighted by Crippen LogP contribution is -2.53. The van der Waals surface area contributed by atoms with Crippen LogP contribution >= 0.6 is 0 Å². The van der Waals surface area contributed by atoms with Gasteiger partial charge in [-0.1, -0.05) is 20.8 Å². The van der Waals surface area contributed by atoms with E-state index < -0.39 is 0 Å². The van der Waals surface area contributed by atoms with E-state index in [0.717, 1.165) is 12.8 Å². The maximum Gasteiger partial charge on any atom is 0.0314 e. The second-order valence-electron chi connectivity index (χ2n) is 6.97. The van der Waals surface area contributed by atoms with Crippen molar-refractivity contribution in [3.63, 3.8) is 0 Å².